The predicted molar refractivity (Wildman–Crippen MR) is 50.1 cm³/mol. The van der Waals surface area contributed by atoms with E-state index in [4.69, 9.17) is 0 Å². The molecule has 1 atom stereocenters. The number of nitrogens with zero attached hydrogens (tertiary/aromatic N) is 5. The first-order valence-corrected chi connectivity index (χ1v) is 4.10. The van der Waals surface area contributed by atoms with Crippen LogP contribution in [0.4, 0.5) is 0 Å². The lowest BCUT2D eigenvalue weighted by Crippen LogP contribution is -2.51. The molecule has 1 aromatic heterocycles. The van der Waals surface area contributed by atoms with E-state index in [2.05, 4.69) is 5.10 Å². The van der Waals surface area contributed by atoms with E-state index in [0.717, 1.165) is 4.79 Å². The fraction of sp³-hybridized carbons (Fsp3) is 0.400. The highest BCUT2D eigenvalue weighted by molar-refractivity contribution is 4.83. The van der Waals surface area contributed by atoms with Gasteiger partial charge in [0, 0.05) is 6.20 Å². The van der Waals surface area contributed by atoms with Gasteiger partial charge in [0.25, 0.3) is 0 Å². The minimum absolute atomic E-state index is 0.785. The molecule has 1 aromatic rings. The average molecular weight is 246 g/mol. The Balaban J connectivity index is 2.95. The second-order valence-corrected chi connectivity index (χ2v) is 2.79. The third-order valence-corrected chi connectivity index (χ3v) is 1.71. The van der Waals surface area contributed by atoms with Crippen LogP contribution in [0.5, 0.6) is 0 Å². The molecule has 0 bridgehead atoms. The third kappa shape index (κ3) is 2.83. The summed E-state index contributed by atoms with van der Waals surface area (Å²) in [7, 11) is 0. The van der Waals surface area contributed by atoms with Crippen LogP contribution in [0.1, 0.15) is 0 Å². The van der Waals surface area contributed by atoms with Crippen LogP contribution in [0.3, 0.4) is 0 Å². The molecule has 0 saturated heterocycles. The molecule has 1 unspecified atom stereocenters. The second-order valence-electron chi connectivity index (χ2n) is 2.79. The molecule has 0 aliphatic rings. The predicted octanol–water partition coefficient (Wildman–Crippen LogP) is -1.09. The summed E-state index contributed by atoms with van der Waals surface area (Å²) in [6, 6.07) is 1.39. The SMILES string of the molecule is O=[N+]([O-])C(Nn1cccn1)C([N+](=O)[O-])[N+](=O)[O-]. The summed E-state index contributed by atoms with van der Waals surface area (Å²) in [5.74, 6) is 0. The quantitative estimate of drug-likeness (QED) is 0.376. The molecule has 0 aliphatic carbocycles. The van der Waals surface area contributed by atoms with Crippen molar-refractivity contribution in [2.75, 3.05) is 5.43 Å². The summed E-state index contributed by atoms with van der Waals surface area (Å²) >= 11 is 0. The van der Waals surface area contributed by atoms with Gasteiger partial charge in [-0.25, -0.2) is 5.43 Å². The van der Waals surface area contributed by atoms with E-state index >= 15 is 0 Å². The maximum Gasteiger partial charge on any atom is 0.535 e. The van der Waals surface area contributed by atoms with Crippen molar-refractivity contribution in [1.29, 1.82) is 0 Å². The highest BCUT2D eigenvalue weighted by Crippen LogP contribution is 2.02. The molecule has 1 N–H and O–H groups in total. The van der Waals surface area contributed by atoms with Crippen molar-refractivity contribution in [2.45, 2.75) is 12.3 Å². The summed E-state index contributed by atoms with van der Waals surface area (Å²) in [5.41, 5.74) is 1.94. The second kappa shape index (κ2) is 4.82. The molecule has 0 fully saturated rings. The first-order valence-electron chi connectivity index (χ1n) is 4.10. The summed E-state index contributed by atoms with van der Waals surface area (Å²) in [5, 5.41) is 34.9. The minimum atomic E-state index is -2.60. The maximum absolute atomic E-state index is 10.6. The molecule has 92 valence electrons. The van der Waals surface area contributed by atoms with E-state index in [1.54, 1.807) is 0 Å². The van der Waals surface area contributed by atoms with Crippen molar-refractivity contribution in [3.63, 3.8) is 0 Å². The molecular weight excluding hydrogens is 240 g/mol. The molecular formula is C5H6N6O6. The first kappa shape index (κ1) is 12.3. The average Bonchev–Trinajstić information content (AvgIpc) is 2.67. The Morgan fingerprint density at radius 2 is 1.71 bits per heavy atom. The summed E-state index contributed by atoms with van der Waals surface area (Å²) < 4.78 is 0. The van der Waals surface area contributed by atoms with Crippen molar-refractivity contribution in [3.05, 3.63) is 48.8 Å². The molecule has 12 heteroatoms. The lowest BCUT2D eigenvalue weighted by molar-refractivity contribution is -0.781. The number of hydrogen-bond acceptors (Lipinski definition) is 8. The van der Waals surface area contributed by atoms with Crippen LogP contribution >= 0.6 is 0 Å². The molecule has 0 aliphatic heterocycles. The van der Waals surface area contributed by atoms with E-state index in [9.17, 15) is 30.3 Å². The number of aromatic nitrogens is 2. The third-order valence-electron chi connectivity index (χ3n) is 1.71. The molecule has 0 amide bonds. The van der Waals surface area contributed by atoms with Gasteiger partial charge in [0.15, 0.2) is 0 Å². The van der Waals surface area contributed by atoms with Gasteiger partial charge >= 0.3 is 12.3 Å². The molecule has 0 radical (unpaired) electrons. The van der Waals surface area contributed by atoms with Gasteiger partial charge in [-0.05, 0) is 6.07 Å². The van der Waals surface area contributed by atoms with Crippen molar-refractivity contribution < 1.29 is 14.8 Å². The zero-order valence-corrected chi connectivity index (χ0v) is 8.07. The Kier molecular flexibility index (Phi) is 3.48. The fourth-order valence-corrected chi connectivity index (χ4v) is 1.01. The van der Waals surface area contributed by atoms with Crippen molar-refractivity contribution in [3.8, 4) is 0 Å². The molecule has 0 saturated carbocycles. The maximum atomic E-state index is 10.6. The highest BCUT2D eigenvalue weighted by Gasteiger charge is 2.52. The standard InChI is InChI=1S/C5H6N6O6/c12-9(13)4(5(10(14)15)11(16)17)7-8-3-1-2-6-8/h1-5,7H. The van der Waals surface area contributed by atoms with Gasteiger partial charge < -0.3 is 0 Å². The van der Waals surface area contributed by atoms with E-state index in [0.29, 0.717) is 0 Å². The molecule has 12 nitrogen and oxygen atoms in total. The van der Waals surface area contributed by atoms with Crippen LogP contribution in [0.25, 0.3) is 0 Å². The summed E-state index contributed by atoms with van der Waals surface area (Å²) in [6.45, 7) is 0. The van der Waals surface area contributed by atoms with Crippen molar-refractivity contribution in [1.82, 2.24) is 9.89 Å². The van der Waals surface area contributed by atoms with Gasteiger partial charge in [0.05, 0.1) is 11.1 Å². The Hall–Kier alpha value is -2.79. The fourth-order valence-electron chi connectivity index (χ4n) is 1.01. The van der Waals surface area contributed by atoms with Crippen LogP contribution in [0.15, 0.2) is 18.5 Å². The number of hydrogen-bond donors (Lipinski definition) is 1. The van der Waals surface area contributed by atoms with Gasteiger partial charge in [-0.15, -0.1) is 0 Å². The molecule has 0 aromatic carbocycles. The van der Waals surface area contributed by atoms with E-state index in [-0.39, 0.29) is 0 Å². The molecule has 17 heavy (non-hydrogen) atoms. The topological polar surface area (TPSA) is 159 Å². The molecule has 1 rings (SSSR count). The van der Waals surface area contributed by atoms with Crippen LogP contribution in [0, 0.1) is 30.3 Å². The Morgan fingerprint density at radius 3 is 2.06 bits per heavy atom. The Morgan fingerprint density at radius 1 is 1.12 bits per heavy atom. The number of rotatable bonds is 6. The zero-order chi connectivity index (χ0) is 13.0. The van der Waals surface area contributed by atoms with Gasteiger partial charge in [-0.3, -0.25) is 30.3 Å². The first-order chi connectivity index (χ1) is 7.93. The van der Waals surface area contributed by atoms with Crippen LogP contribution in [0.2, 0.25) is 0 Å². The zero-order valence-electron chi connectivity index (χ0n) is 8.07. The minimum Gasteiger partial charge on any atom is -0.262 e. The largest absolute Gasteiger partial charge is 0.535 e. The Bertz CT molecular complexity index is 416. The Labute approximate surface area is 92.2 Å². The van der Waals surface area contributed by atoms with Gasteiger partial charge in [-0.1, -0.05) is 0 Å². The van der Waals surface area contributed by atoms with Gasteiger partial charge in [-0.2, -0.15) is 9.89 Å². The lowest BCUT2D eigenvalue weighted by atomic mass is 10.4. The van der Waals surface area contributed by atoms with Crippen molar-refractivity contribution in [2.24, 2.45) is 0 Å². The molecule has 1 heterocycles. The van der Waals surface area contributed by atoms with E-state index in [1.807, 2.05) is 5.43 Å². The van der Waals surface area contributed by atoms with Crippen LogP contribution < -0.4 is 5.43 Å². The van der Waals surface area contributed by atoms with Gasteiger partial charge in [0.2, 0.25) is 0 Å². The smallest absolute Gasteiger partial charge is 0.262 e. The number of nitrogens with one attached hydrogen (secondary N) is 1. The monoisotopic (exact) mass is 246 g/mol. The normalized spacial score (nSPS) is 12.1. The van der Waals surface area contributed by atoms with Crippen LogP contribution in [-0.2, 0) is 0 Å². The van der Waals surface area contributed by atoms with E-state index in [1.165, 1.54) is 18.5 Å². The van der Waals surface area contributed by atoms with Crippen LogP contribution in [-0.4, -0.2) is 37.0 Å². The summed E-state index contributed by atoms with van der Waals surface area (Å²) in [6.07, 6.45) is -2.36. The van der Waals surface area contributed by atoms with E-state index < -0.39 is 27.1 Å². The summed E-state index contributed by atoms with van der Waals surface area (Å²) in [4.78, 5) is 28.3. The van der Waals surface area contributed by atoms with Gasteiger partial charge in [0.1, 0.15) is 9.85 Å². The highest BCUT2D eigenvalue weighted by atomic mass is 16.7. The molecule has 0 spiro atoms. The lowest BCUT2D eigenvalue weighted by Gasteiger charge is -2.10. The van der Waals surface area contributed by atoms with Crippen molar-refractivity contribution >= 4 is 0 Å². The number of nitro groups is 3.